The van der Waals surface area contributed by atoms with Crippen LogP contribution in [0.25, 0.3) is 0 Å². The van der Waals surface area contributed by atoms with Gasteiger partial charge in [-0.2, -0.15) is 0 Å². The maximum Gasteiger partial charge on any atom is 0.323 e. The molecule has 3 heterocycles. The van der Waals surface area contributed by atoms with Crippen LogP contribution in [-0.4, -0.2) is 84.3 Å². The van der Waals surface area contributed by atoms with Gasteiger partial charge < -0.3 is 14.6 Å². The van der Waals surface area contributed by atoms with Crippen molar-refractivity contribution in [3.05, 3.63) is 90.0 Å². The van der Waals surface area contributed by atoms with E-state index in [4.69, 9.17) is 14.6 Å². The van der Waals surface area contributed by atoms with Crippen LogP contribution in [0.3, 0.4) is 0 Å². The van der Waals surface area contributed by atoms with Crippen molar-refractivity contribution in [3.63, 3.8) is 0 Å². The third-order valence-corrected chi connectivity index (χ3v) is 7.60. The van der Waals surface area contributed by atoms with Crippen molar-refractivity contribution in [2.24, 2.45) is 5.14 Å². The highest BCUT2D eigenvalue weighted by molar-refractivity contribution is 7.89. The first-order chi connectivity index (χ1) is 19.3. The highest BCUT2D eigenvalue weighted by Gasteiger charge is 2.40. The fraction of sp³-hybridized carbons (Fsp3) is 0.393. The molecule has 12 heteroatoms. The van der Waals surface area contributed by atoms with E-state index in [0.29, 0.717) is 52.4 Å². The van der Waals surface area contributed by atoms with E-state index in [9.17, 15) is 18.3 Å². The van der Waals surface area contributed by atoms with Gasteiger partial charge in [0.05, 0.1) is 42.2 Å². The zero-order valence-corrected chi connectivity index (χ0v) is 23.0. The number of carboxylic acid groups (broad SMARTS) is 1. The first kappa shape index (κ1) is 29.7. The molecule has 2 atom stereocenters. The van der Waals surface area contributed by atoms with E-state index in [-0.39, 0.29) is 11.5 Å². The topological polar surface area (TPSA) is 148 Å². The Morgan fingerprint density at radius 3 is 2.17 bits per heavy atom. The Balaban J connectivity index is 1.22. The molecular weight excluding hydrogens is 534 g/mol. The zero-order chi connectivity index (χ0) is 28.4. The molecule has 0 saturated carbocycles. The Kier molecular flexibility index (Phi) is 10.7. The van der Waals surface area contributed by atoms with Gasteiger partial charge in [-0.15, -0.1) is 0 Å². The number of rotatable bonds is 15. The molecule has 0 spiro atoms. The van der Waals surface area contributed by atoms with Gasteiger partial charge in [-0.1, -0.05) is 24.3 Å². The number of benzene rings is 1. The number of aromatic nitrogens is 2. The molecule has 2 aromatic heterocycles. The van der Waals surface area contributed by atoms with Crippen molar-refractivity contribution >= 4 is 16.0 Å². The van der Waals surface area contributed by atoms with Crippen LogP contribution in [0.15, 0.2) is 78.0 Å². The van der Waals surface area contributed by atoms with Gasteiger partial charge in [0.25, 0.3) is 0 Å². The first-order valence-electron chi connectivity index (χ1n) is 13.1. The average Bonchev–Trinajstić information content (AvgIpc) is 3.34. The lowest BCUT2D eigenvalue weighted by molar-refractivity contribution is -0.147. The van der Waals surface area contributed by atoms with Crippen molar-refractivity contribution in [1.29, 1.82) is 0 Å². The van der Waals surface area contributed by atoms with E-state index in [1.165, 1.54) is 12.1 Å². The Hall–Kier alpha value is -3.26. The molecule has 0 aliphatic carbocycles. The Labute approximate surface area is 234 Å². The van der Waals surface area contributed by atoms with E-state index in [1.807, 2.05) is 41.3 Å². The molecule has 1 fully saturated rings. The number of sulfonamides is 1. The molecule has 11 nitrogen and oxygen atoms in total. The predicted octanol–water partition coefficient (Wildman–Crippen LogP) is 1.89. The fourth-order valence-electron chi connectivity index (χ4n) is 4.72. The van der Waals surface area contributed by atoms with Gasteiger partial charge in [-0.3, -0.25) is 24.6 Å². The number of carbonyl (C=O) groups is 1. The Morgan fingerprint density at radius 2 is 1.62 bits per heavy atom. The van der Waals surface area contributed by atoms with Crippen molar-refractivity contribution in [1.82, 2.24) is 19.8 Å². The van der Waals surface area contributed by atoms with Gasteiger partial charge in [0.2, 0.25) is 10.0 Å². The lowest BCUT2D eigenvalue weighted by atomic mass is 10.1. The molecule has 1 aliphatic heterocycles. The van der Waals surface area contributed by atoms with Crippen molar-refractivity contribution < 1.29 is 27.8 Å². The van der Waals surface area contributed by atoms with Gasteiger partial charge in [0, 0.05) is 45.1 Å². The molecule has 1 aliphatic rings. The maximum absolute atomic E-state index is 12.0. The third-order valence-electron chi connectivity index (χ3n) is 6.67. The lowest BCUT2D eigenvalue weighted by Gasteiger charge is -2.25. The summed E-state index contributed by atoms with van der Waals surface area (Å²) in [5, 5.41) is 15.0. The number of hydrogen-bond acceptors (Lipinski definition) is 9. The molecule has 0 radical (unpaired) electrons. The largest absolute Gasteiger partial charge is 0.480 e. The SMILES string of the molecule is NS(=O)(=O)c1ccc(CN2CCC(OCCOCCN(Cc3ccccn3)Cc3ccccn3)[C@H]2C(=O)O)cc1. The number of hydrogen-bond donors (Lipinski definition) is 2. The highest BCUT2D eigenvalue weighted by atomic mass is 32.2. The van der Waals surface area contributed by atoms with E-state index >= 15 is 0 Å². The van der Waals surface area contributed by atoms with Gasteiger partial charge >= 0.3 is 5.97 Å². The van der Waals surface area contributed by atoms with Crippen LogP contribution in [0.5, 0.6) is 0 Å². The summed E-state index contributed by atoms with van der Waals surface area (Å²) in [7, 11) is -3.78. The third kappa shape index (κ3) is 8.88. The molecule has 3 N–H and O–H groups in total. The number of nitrogens with zero attached hydrogens (tertiary/aromatic N) is 4. The summed E-state index contributed by atoms with van der Waals surface area (Å²) < 4.78 is 34.7. The summed E-state index contributed by atoms with van der Waals surface area (Å²) in [6.07, 6.45) is 3.67. The van der Waals surface area contributed by atoms with Crippen LogP contribution in [0.1, 0.15) is 23.4 Å². The van der Waals surface area contributed by atoms with E-state index < -0.39 is 28.1 Å². The smallest absolute Gasteiger partial charge is 0.323 e. The Morgan fingerprint density at radius 1 is 0.975 bits per heavy atom. The number of carboxylic acids is 1. The minimum Gasteiger partial charge on any atom is -0.480 e. The monoisotopic (exact) mass is 569 g/mol. The second-order valence-corrected chi connectivity index (χ2v) is 11.2. The van der Waals surface area contributed by atoms with Crippen molar-refractivity contribution in [2.45, 2.75) is 43.1 Å². The van der Waals surface area contributed by atoms with Crippen LogP contribution >= 0.6 is 0 Å². The minimum absolute atomic E-state index is 0.0188. The zero-order valence-electron chi connectivity index (χ0n) is 22.2. The van der Waals surface area contributed by atoms with Gasteiger partial charge in [0.1, 0.15) is 6.04 Å². The van der Waals surface area contributed by atoms with Crippen LogP contribution in [0.2, 0.25) is 0 Å². The summed E-state index contributed by atoms with van der Waals surface area (Å²) >= 11 is 0. The van der Waals surface area contributed by atoms with Gasteiger partial charge in [-0.25, -0.2) is 13.6 Å². The number of pyridine rings is 2. The molecule has 1 aromatic carbocycles. The molecular formula is C28H35N5O6S. The minimum atomic E-state index is -3.78. The summed E-state index contributed by atoms with van der Waals surface area (Å²) in [6.45, 7) is 4.03. The molecule has 214 valence electrons. The van der Waals surface area contributed by atoms with Crippen LogP contribution < -0.4 is 5.14 Å². The fourth-order valence-corrected chi connectivity index (χ4v) is 5.24. The number of aliphatic carboxylic acids is 1. The molecule has 1 unspecified atom stereocenters. The summed E-state index contributed by atoms with van der Waals surface area (Å²) in [6, 6.07) is 17.0. The second kappa shape index (κ2) is 14.4. The highest BCUT2D eigenvalue weighted by Crippen LogP contribution is 2.24. The predicted molar refractivity (Wildman–Crippen MR) is 147 cm³/mol. The quantitative estimate of drug-likeness (QED) is 0.260. The van der Waals surface area contributed by atoms with Crippen molar-refractivity contribution in [3.8, 4) is 0 Å². The number of likely N-dealkylation sites (tertiary alicyclic amines) is 1. The summed E-state index contributed by atoms with van der Waals surface area (Å²) in [5.41, 5.74) is 2.73. The van der Waals surface area contributed by atoms with E-state index in [1.54, 1.807) is 24.5 Å². The average molecular weight is 570 g/mol. The number of ether oxygens (including phenoxy) is 2. The molecule has 4 rings (SSSR count). The molecule has 3 aromatic rings. The van der Waals surface area contributed by atoms with E-state index in [0.717, 1.165) is 17.0 Å². The summed E-state index contributed by atoms with van der Waals surface area (Å²) in [5.74, 6) is -0.954. The lowest BCUT2D eigenvalue weighted by Crippen LogP contribution is -2.42. The molecule has 40 heavy (non-hydrogen) atoms. The van der Waals surface area contributed by atoms with Gasteiger partial charge in [-0.05, 0) is 48.4 Å². The molecule has 0 amide bonds. The van der Waals surface area contributed by atoms with E-state index in [2.05, 4.69) is 14.9 Å². The van der Waals surface area contributed by atoms with Crippen LogP contribution in [0.4, 0.5) is 0 Å². The number of nitrogens with two attached hydrogens (primary N) is 1. The Bertz CT molecular complexity index is 1270. The second-order valence-electron chi connectivity index (χ2n) is 9.61. The summed E-state index contributed by atoms with van der Waals surface area (Å²) in [4.78, 5) is 25.0. The molecule has 1 saturated heterocycles. The van der Waals surface area contributed by atoms with Crippen molar-refractivity contribution in [2.75, 3.05) is 32.9 Å². The number of primary sulfonamides is 1. The standard InChI is InChI=1S/C28H35N5O6S/c29-40(36,37)25-9-7-22(8-10-25)19-33-14-11-26(27(33)28(34)35)39-18-17-38-16-15-32(20-23-5-1-3-12-30-23)21-24-6-2-4-13-31-24/h1-10,12-13,26-27H,11,14-21H2,(H,34,35)(H2,29,36,37)/t26?,27-/m0/s1. The normalized spacial score (nSPS) is 17.9. The first-order valence-corrected chi connectivity index (χ1v) is 14.6. The maximum atomic E-state index is 12.0. The van der Waals surface area contributed by atoms with Gasteiger partial charge in [0.15, 0.2) is 0 Å². The molecule has 0 bridgehead atoms. The van der Waals surface area contributed by atoms with Crippen LogP contribution in [-0.2, 0) is 43.9 Å². The van der Waals surface area contributed by atoms with Crippen LogP contribution in [0, 0.1) is 0 Å².